The first-order chi connectivity index (χ1) is 9.84. The minimum atomic E-state index is 0.759. The summed E-state index contributed by atoms with van der Waals surface area (Å²) in [6.45, 7) is 0. The fourth-order valence-corrected chi connectivity index (χ4v) is 2.45. The fourth-order valence-electron chi connectivity index (χ4n) is 2.33. The second kappa shape index (κ2) is 5.94. The van der Waals surface area contributed by atoms with Gasteiger partial charge < -0.3 is 0 Å². The molecule has 0 saturated heterocycles. The number of hydrogen-bond acceptors (Lipinski definition) is 0. The first kappa shape index (κ1) is 13.0. The Morgan fingerprint density at radius 2 is 0.900 bits per heavy atom. The van der Waals surface area contributed by atoms with Crippen molar-refractivity contribution >= 4 is 11.6 Å². The summed E-state index contributed by atoms with van der Waals surface area (Å²) < 4.78 is 0. The molecule has 0 amide bonds. The highest BCUT2D eigenvalue weighted by Crippen LogP contribution is 2.31. The van der Waals surface area contributed by atoms with Crippen LogP contribution in [0.4, 0.5) is 0 Å². The Balaban J connectivity index is 2.11. The lowest BCUT2D eigenvalue weighted by atomic mass is 9.85. The molecule has 0 aliphatic rings. The van der Waals surface area contributed by atoms with Crippen LogP contribution in [0.15, 0.2) is 84.9 Å². The average Bonchev–Trinajstić information content (AvgIpc) is 2.52. The Morgan fingerprint density at radius 3 is 1.35 bits per heavy atom. The van der Waals surface area contributed by atoms with Crippen molar-refractivity contribution in [2.45, 2.75) is 0 Å². The SMILES string of the molecule is Clc1ccc([C](c2ccccc2)c2ccccc2)cc1. The first-order valence-electron chi connectivity index (χ1n) is 6.58. The third kappa shape index (κ3) is 2.76. The van der Waals surface area contributed by atoms with Crippen LogP contribution in [0.3, 0.4) is 0 Å². The number of rotatable bonds is 3. The second-order valence-electron chi connectivity index (χ2n) is 4.61. The molecule has 0 heterocycles. The van der Waals surface area contributed by atoms with E-state index < -0.39 is 0 Å². The molecular formula is C19H14Cl. The van der Waals surface area contributed by atoms with Crippen LogP contribution in [-0.4, -0.2) is 0 Å². The summed E-state index contributed by atoms with van der Waals surface area (Å²) in [7, 11) is 0. The van der Waals surface area contributed by atoms with Gasteiger partial charge in [0, 0.05) is 5.02 Å². The lowest BCUT2D eigenvalue weighted by molar-refractivity contribution is 1.23. The highest BCUT2D eigenvalue weighted by atomic mass is 35.5. The average molecular weight is 278 g/mol. The molecule has 0 bridgehead atoms. The molecule has 0 atom stereocenters. The zero-order valence-corrected chi connectivity index (χ0v) is 11.7. The summed E-state index contributed by atoms with van der Waals surface area (Å²) in [4.78, 5) is 0. The van der Waals surface area contributed by atoms with E-state index in [1.54, 1.807) is 0 Å². The minimum Gasteiger partial charge on any atom is -0.0843 e. The van der Waals surface area contributed by atoms with Crippen molar-refractivity contribution in [1.29, 1.82) is 0 Å². The van der Waals surface area contributed by atoms with Crippen LogP contribution < -0.4 is 0 Å². The second-order valence-corrected chi connectivity index (χ2v) is 5.05. The van der Waals surface area contributed by atoms with Gasteiger partial charge in [0.25, 0.3) is 0 Å². The van der Waals surface area contributed by atoms with Crippen LogP contribution in [0.5, 0.6) is 0 Å². The van der Waals surface area contributed by atoms with Crippen LogP contribution >= 0.6 is 11.6 Å². The van der Waals surface area contributed by atoms with Crippen molar-refractivity contribution in [1.82, 2.24) is 0 Å². The predicted octanol–water partition coefficient (Wildman–Crippen LogP) is 5.36. The Labute approximate surface area is 124 Å². The van der Waals surface area contributed by atoms with Gasteiger partial charge >= 0.3 is 0 Å². The van der Waals surface area contributed by atoms with E-state index in [4.69, 9.17) is 11.6 Å². The van der Waals surface area contributed by atoms with Crippen LogP contribution in [-0.2, 0) is 0 Å². The first-order valence-corrected chi connectivity index (χ1v) is 6.96. The Kier molecular flexibility index (Phi) is 3.85. The molecule has 20 heavy (non-hydrogen) atoms. The quantitative estimate of drug-likeness (QED) is 0.566. The van der Waals surface area contributed by atoms with Gasteiger partial charge in [-0.15, -0.1) is 0 Å². The molecule has 0 aliphatic carbocycles. The normalized spacial score (nSPS) is 10.7. The van der Waals surface area contributed by atoms with Gasteiger partial charge in [-0.1, -0.05) is 84.4 Å². The van der Waals surface area contributed by atoms with Gasteiger partial charge in [-0.05, 0) is 28.8 Å². The molecule has 1 radical (unpaired) electrons. The number of hydrogen-bond donors (Lipinski definition) is 0. The Hall–Kier alpha value is -2.05. The van der Waals surface area contributed by atoms with Gasteiger partial charge in [-0.25, -0.2) is 0 Å². The van der Waals surface area contributed by atoms with Crippen molar-refractivity contribution in [2.75, 3.05) is 0 Å². The fraction of sp³-hybridized carbons (Fsp3) is 0. The van der Waals surface area contributed by atoms with Crippen LogP contribution in [0.2, 0.25) is 5.02 Å². The summed E-state index contributed by atoms with van der Waals surface area (Å²) in [5.74, 6) is 1.22. The van der Waals surface area contributed by atoms with Crippen molar-refractivity contribution in [2.24, 2.45) is 0 Å². The van der Waals surface area contributed by atoms with Crippen molar-refractivity contribution in [3.8, 4) is 0 Å². The molecule has 0 aromatic heterocycles. The summed E-state index contributed by atoms with van der Waals surface area (Å²) in [5.41, 5.74) is 3.59. The lowest BCUT2D eigenvalue weighted by Gasteiger charge is -2.17. The van der Waals surface area contributed by atoms with Crippen molar-refractivity contribution in [3.05, 3.63) is 113 Å². The topological polar surface area (TPSA) is 0 Å². The standard InChI is InChI=1S/C19H14Cl/c20-18-13-11-17(12-14-18)19(15-7-3-1-4-8-15)16-9-5-2-6-10-16/h1-14H. The van der Waals surface area contributed by atoms with Gasteiger partial charge in [0.1, 0.15) is 0 Å². The van der Waals surface area contributed by atoms with E-state index in [2.05, 4.69) is 60.7 Å². The largest absolute Gasteiger partial charge is 0.0843 e. The third-order valence-corrected chi connectivity index (χ3v) is 3.51. The Bertz CT molecular complexity index is 618. The van der Waals surface area contributed by atoms with E-state index in [0.29, 0.717) is 0 Å². The molecule has 97 valence electrons. The van der Waals surface area contributed by atoms with Crippen LogP contribution in [0, 0.1) is 5.92 Å². The van der Waals surface area contributed by atoms with E-state index in [9.17, 15) is 0 Å². The minimum absolute atomic E-state index is 0.759. The smallest absolute Gasteiger partial charge is 0.0629 e. The highest BCUT2D eigenvalue weighted by Gasteiger charge is 2.16. The summed E-state index contributed by atoms with van der Waals surface area (Å²) in [6.07, 6.45) is 0. The molecule has 1 heteroatoms. The van der Waals surface area contributed by atoms with E-state index in [-0.39, 0.29) is 0 Å². The molecule has 0 N–H and O–H groups in total. The highest BCUT2D eigenvalue weighted by molar-refractivity contribution is 6.30. The van der Waals surface area contributed by atoms with E-state index in [1.165, 1.54) is 22.6 Å². The predicted molar refractivity (Wildman–Crippen MR) is 84.9 cm³/mol. The van der Waals surface area contributed by atoms with E-state index >= 15 is 0 Å². The van der Waals surface area contributed by atoms with Crippen molar-refractivity contribution in [3.63, 3.8) is 0 Å². The van der Waals surface area contributed by atoms with E-state index in [0.717, 1.165) is 5.02 Å². The van der Waals surface area contributed by atoms with Gasteiger partial charge in [0.05, 0.1) is 5.92 Å². The molecule has 0 spiro atoms. The summed E-state index contributed by atoms with van der Waals surface area (Å²) in [6, 6.07) is 28.9. The van der Waals surface area contributed by atoms with Crippen LogP contribution in [0.25, 0.3) is 0 Å². The Morgan fingerprint density at radius 1 is 0.500 bits per heavy atom. The molecule has 0 unspecified atom stereocenters. The zero-order valence-electron chi connectivity index (χ0n) is 11.0. The maximum Gasteiger partial charge on any atom is 0.0629 e. The molecule has 0 fully saturated rings. The molecule has 0 nitrogen and oxygen atoms in total. The maximum absolute atomic E-state index is 6.00. The monoisotopic (exact) mass is 277 g/mol. The summed E-state index contributed by atoms with van der Waals surface area (Å²) in [5, 5.41) is 0.759. The number of halogens is 1. The molecular weight excluding hydrogens is 264 g/mol. The summed E-state index contributed by atoms with van der Waals surface area (Å²) >= 11 is 6.00. The molecule has 0 saturated carbocycles. The molecule has 3 rings (SSSR count). The van der Waals surface area contributed by atoms with Gasteiger partial charge in [0.2, 0.25) is 0 Å². The zero-order chi connectivity index (χ0) is 13.8. The maximum atomic E-state index is 6.00. The molecule has 0 aliphatic heterocycles. The van der Waals surface area contributed by atoms with Crippen LogP contribution in [0.1, 0.15) is 16.7 Å². The molecule has 3 aromatic carbocycles. The van der Waals surface area contributed by atoms with Gasteiger partial charge in [-0.2, -0.15) is 0 Å². The van der Waals surface area contributed by atoms with Crippen molar-refractivity contribution < 1.29 is 0 Å². The van der Waals surface area contributed by atoms with Gasteiger partial charge in [-0.3, -0.25) is 0 Å². The lowest BCUT2D eigenvalue weighted by Crippen LogP contribution is -2.03. The number of benzene rings is 3. The van der Waals surface area contributed by atoms with Gasteiger partial charge in [0.15, 0.2) is 0 Å². The molecule has 3 aromatic rings. The third-order valence-electron chi connectivity index (χ3n) is 3.26. The van der Waals surface area contributed by atoms with E-state index in [1.807, 2.05) is 24.3 Å².